The Kier molecular flexibility index (Phi) is 3.79. The molecule has 23 heavy (non-hydrogen) atoms. The lowest BCUT2D eigenvalue weighted by Crippen LogP contribution is -2.33. The van der Waals surface area contributed by atoms with Gasteiger partial charge < -0.3 is 4.57 Å². The summed E-state index contributed by atoms with van der Waals surface area (Å²) >= 11 is 6.08. The molecule has 1 fully saturated rings. The summed E-state index contributed by atoms with van der Waals surface area (Å²) in [5.41, 5.74) is 2.08. The van der Waals surface area contributed by atoms with Crippen molar-refractivity contribution in [2.45, 2.75) is 32.0 Å². The van der Waals surface area contributed by atoms with Gasteiger partial charge in [0.15, 0.2) is 0 Å². The number of hydrogen-bond acceptors (Lipinski definition) is 4. The molecule has 0 saturated carbocycles. The van der Waals surface area contributed by atoms with Crippen LogP contribution in [-0.2, 0) is 20.1 Å². The Morgan fingerprint density at radius 3 is 3.09 bits per heavy atom. The minimum atomic E-state index is 0.486. The van der Waals surface area contributed by atoms with E-state index in [9.17, 15) is 0 Å². The summed E-state index contributed by atoms with van der Waals surface area (Å²) in [4.78, 5) is 11.3. The molecule has 4 rings (SSSR count). The molecule has 0 spiro atoms. The number of aromatic nitrogens is 5. The molecule has 0 N–H and O–H groups in total. The van der Waals surface area contributed by atoms with Crippen LogP contribution in [0.15, 0.2) is 30.9 Å². The summed E-state index contributed by atoms with van der Waals surface area (Å²) in [6.07, 6.45) is 5.78. The molecule has 120 valence electrons. The van der Waals surface area contributed by atoms with Crippen LogP contribution in [0, 0.1) is 0 Å². The lowest BCUT2D eigenvalue weighted by Gasteiger charge is -2.23. The quantitative estimate of drug-likeness (QED) is 0.737. The number of imidazole rings is 1. The lowest BCUT2D eigenvalue weighted by molar-refractivity contribution is 0.212. The van der Waals surface area contributed by atoms with Crippen molar-refractivity contribution in [3.8, 4) is 0 Å². The van der Waals surface area contributed by atoms with E-state index in [1.165, 1.54) is 12.8 Å². The van der Waals surface area contributed by atoms with Crippen molar-refractivity contribution < 1.29 is 0 Å². The van der Waals surface area contributed by atoms with Crippen LogP contribution in [0.2, 0.25) is 5.02 Å². The molecule has 0 aliphatic carbocycles. The molecular formula is C16H19ClN6. The predicted molar refractivity (Wildman–Crippen MR) is 89.2 cm³/mol. The standard InChI is InChI=1S/C16H19ClN6/c1-21-15-5-4-12(17)7-14(15)20-16(21)9-22-6-2-3-13(22)8-23-11-18-10-19-23/h4-5,7,10-11,13H,2-3,6,8-9H2,1H3/t13-/m1/s1. The fourth-order valence-corrected chi connectivity index (χ4v) is 3.57. The number of rotatable bonds is 4. The van der Waals surface area contributed by atoms with Gasteiger partial charge in [-0.25, -0.2) is 9.97 Å². The van der Waals surface area contributed by atoms with Crippen molar-refractivity contribution in [1.82, 2.24) is 29.2 Å². The van der Waals surface area contributed by atoms with E-state index in [1.54, 1.807) is 12.7 Å². The van der Waals surface area contributed by atoms with E-state index in [0.29, 0.717) is 6.04 Å². The first-order valence-electron chi connectivity index (χ1n) is 7.88. The maximum absolute atomic E-state index is 6.08. The van der Waals surface area contributed by atoms with E-state index < -0.39 is 0 Å². The number of nitrogens with zero attached hydrogens (tertiary/aromatic N) is 6. The highest BCUT2D eigenvalue weighted by molar-refractivity contribution is 6.31. The first kappa shape index (κ1) is 14.7. The zero-order valence-electron chi connectivity index (χ0n) is 13.1. The highest BCUT2D eigenvalue weighted by Gasteiger charge is 2.26. The van der Waals surface area contributed by atoms with E-state index in [2.05, 4.69) is 26.6 Å². The Hall–Kier alpha value is -1.92. The van der Waals surface area contributed by atoms with Gasteiger partial charge in [0, 0.05) is 18.1 Å². The maximum Gasteiger partial charge on any atom is 0.137 e. The van der Waals surface area contributed by atoms with Gasteiger partial charge in [0.05, 0.1) is 24.1 Å². The summed E-state index contributed by atoms with van der Waals surface area (Å²) in [6.45, 7) is 2.83. The molecule has 1 atom stereocenters. The molecule has 7 heteroatoms. The van der Waals surface area contributed by atoms with Crippen LogP contribution in [-0.4, -0.2) is 41.8 Å². The van der Waals surface area contributed by atoms with E-state index in [1.807, 2.05) is 22.9 Å². The summed E-state index contributed by atoms with van der Waals surface area (Å²) < 4.78 is 4.08. The second kappa shape index (κ2) is 5.94. The Morgan fingerprint density at radius 1 is 1.35 bits per heavy atom. The van der Waals surface area contributed by atoms with Crippen molar-refractivity contribution in [2.24, 2.45) is 7.05 Å². The molecule has 0 amide bonds. The summed E-state index contributed by atoms with van der Waals surface area (Å²) in [7, 11) is 2.07. The highest BCUT2D eigenvalue weighted by Crippen LogP contribution is 2.24. The van der Waals surface area contributed by atoms with Gasteiger partial charge in [-0.05, 0) is 37.6 Å². The third kappa shape index (κ3) is 2.84. The van der Waals surface area contributed by atoms with Crippen LogP contribution in [0.5, 0.6) is 0 Å². The van der Waals surface area contributed by atoms with Gasteiger partial charge in [-0.1, -0.05) is 11.6 Å². The van der Waals surface area contributed by atoms with E-state index in [0.717, 1.165) is 41.5 Å². The lowest BCUT2D eigenvalue weighted by atomic mass is 10.2. The fraction of sp³-hybridized carbons (Fsp3) is 0.438. The smallest absolute Gasteiger partial charge is 0.137 e. The largest absolute Gasteiger partial charge is 0.330 e. The first-order chi connectivity index (χ1) is 11.2. The molecule has 1 aromatic carbocycles. The molecule has 3 heterocycles. The van der Waals surface area contributed by atoms with Crippen LogP contribution in [0.4, 0.5) is 0 Å². The molecular weight excluding hydrogens is 312 g/mol. The fourth-order valence-electron chi connectivity index (χ4n) is 3.40. The van der Waals surface area contributed by atoms with Crippen LogP contribution in [0.1, 0.15) is 18.7 Å². The third-order valence-electron chi connectivity index (χ3n) is 4.64. The zero-order chi connectivity index (χ0) is 15.8. The van der Waals surface area contributed by atoms with Crippen molar-refractivity contribution in [3.63, 3.8) is 0 Å². The average Bonchev–Trinajstić information content (AvgIpc) is 3.24. The first-order valence-corrected chi connectivity index (χ1v) is 8.26. The minimum absolute atomic E-state index is 0.486. The van der Waals surface area contributed by atoms with Crippen LogP contribution in [0.3, 0.4) is 0 Å². The maximum atomic E-state index is 6.08. The van der Waals surface area contributed by atoms with E-state index >= 15 is 0 Å². The molecule has 1 aliphatic rings. The van der Waals surface area contributed by atoms with Crippen molar-refractivity contribution in [3.05, 3.63) is 41.7 Å². The van der Waals surface area contributed by atoms with E-state index in [-0.39, 0.29) is 0 Å². The van der Waals surface area contributed by atoms with Gasteiger partial charge in [0.2, 0.25) is 0 Å². The van der Waals surface area contributed by atoms with Crippen molar-refractivity contribution in [1.29, 1.82) is 0 Å². The van der Waals surface area contributed by atoms with Gasteiger partial charge in [0.1, 0.15) is 18.5 Å². The van der Waals surface area contributed by atoms with Gasteiger partial charge in [0.25, 0.3) is 0 Å². The van der Waals surface area contributed by atoms with Crippen LogP contribution >= 0.6 is 11.6 Å². The second-order valence-corrected chi connectivity index (χ2v) is 6.54. The number of benzene rings is 1. The Morgan fingerprint density at radius 2 is 2.26 bits per heavy atom. The summed E-state index contributed by atoms with van der Waals surface area (Å²) in [6, 6.07) is 6.36. The Balaban J connectivity index is 1.56. The topological polar surface area (TPSA) is 51.8 Å². The van der Waals surface area contributed by atoms with Crippen LogP contribution in [0.25, 0.3) is 11.0 Å². The molecule has 0 radical (unpaired) electrons. The number of fused-ring (bicyclic) bond motifs is 1. The third-order valence-corrected chi connectivity index (χ3v) is 4.88. The van der Waals surface area contributed by atoms with Crippen molar-refractivity contribution >= 4 is 22.6 Å². The zero-order valence-corrected chi connectivity index (χ0v) is 13.8. The average molecular weight is 331 g/mol. The Bertz CT molecular complexity index is 809. The normalized spacial score (nSPS) is 19.0. The molecule has 6 nitrogen and oxygen atoms in total. The number of halogens is 1. The molecule has 1 saturated heterocycles. The number of likely N-dealkylation sites (tertiary alicyclic amines) is 1. The molecule has 0 unspecified atom stereocenters. The van der Waals surface area contributed by atoms with Gasteiger partial charge in [-0.3, -0.25) is 9.58 Å². The van der Waals surface area contributed by atoms with E-state index in [4.69, 9.17) is 16.6 Å². The highest BCUT2D eigenvalue weighted by atomic mass is 35.5. The second-order valence-electron chi connectivity index (χ2n) is 6.10. The number of hydrogen-bond donors (Lipinski definition) is 0. The SMILES string of the molecule is Cn1c(CN2CCC[C@@H]2Cn2cncn2)nc2cc(Cl)ccc21. The van der Waals surface area contributed by atoms with Gasteiger partial charge in [-0.15, -0.1) is 0 Å². The van der Waals surface area contributed by atoms with Crippen LogP contribution < -0.4 is 0 Å². The summed E-state index contributed by atoms with van der Waals surface area (Å²) in [5, 5.41) is 4.96. The van der Waals surface area contributed by atoms with Crippen molar-refractivity contribution in [2.75, 3.05) is 6.54 Å². The molecule has 2 aromatic heterocycles. The predicted octanol–water partition coefficient (Wildman–Crippen LogP) is 2.48. The monoisotopic (exact) mass is 330 g/mol. The minimum Gasteiger partial charge on any atom is -0.330 e. The number of aryl methyl sites for hydroxylation is 1. The Labute approximate surface area is 139 Å². The molecule has 1 aliphatic heterocycles. The molecule has 0 bridgehead atoms. The van der Waals surface area contributed by atoms with Gasteiger partial charge in [-0.2, -0.15) is 5.10 Å². The summed E-state index contributed by atoms with van der Waals surface area (Å²) in [5.74, 6) is 1.08. The molecule has 3 aromatic rings. The van der Waals surface area contributed by atoms with Gasteiger partial charge >= 0.3 is 0 Å².